The zero-order valence-corrected chi connectivity index (χ0v) is 14.7. The van der Waals surface area contributed by atoms with Gasteiger partial charge < -0.3 is 15.6 Å². The summed E-state index contributed by atoms with van der Waals surface area (Å²) < 4.78 is 0. The molecule has 5 heteroatoms. The highest BCUT2D eigenvalue weighted by Crippen LogP contribution is 2.24. The fraction of sp³-hybridized carbons (Fsp3) is 0.0909. The van der Waals surface area contributed by atoms with E-state index in [0.717, 1.165) is 27.8 Å². The third kappa shape index (κ3) is 3.98. The van der Waals surface area contributed by atoms with Crippen LogP contribution < -0.4 is 10.6 Å². The second-order valence-electron chi connectivity index (χ2n) is 6.36. The molecule has 134 valence electrons. The van der Waals surface area contributed by atoms with Gasteiger partial charge in [0.2, 0.25) is 5.91 Å². The van der Waals surface area contributed by atoms with Gasteiger partial charge in [0.1, 0.15) is 6.04 Å². The van der Waals surface area contributed by atoms with Gasteiger partial charge in [-0.3, -0.25) is 9.78 Å². The van der Waals surface area contributed by atoms with E-state index in [9.17, 15) is 4.79 Å². The summed E-state index contributed by atoms with van der Waals surface area (Å²) in [4.78, 5) is 20.4. The van der Waals surface area contributed by atoms with Crippen LogP contribution in [0.5, 0.6) is 0 Å². The van der Waals surface area contributed by atoms with Gasteiger partial charge in [-0.15, -0.1) is 0 Å². The Bertz CT molecular complexity index is 1030. The number of nitrogens with one attached hydrogen (secondary N) is 3. The van der Waals surface area contributed by atoms with Gasteiger partial charge in [-0.1, -0.05) is 30.3 Å². The number of anilines is 2. The molecule has 2 aromatic heterocycles. The molecule has 0 saturated carbocycles. The molecule has 2 heterocycles. The zero-order chi connectivity index (χ0) is 18.5. The molecule has 4 rings (SSSR count). The number of H-pyrrole nitrogens is 1. The average molecular weight is 356 g/mol. The van der Waals surface area contributed by atoms with E-state index in [4.69, 9.17) is 0 Å². The van der Waals surface area contributed by atoms with E-state index in [1.165, 1.54) is 0 Å². The van der Waals surface area contributed by atoms with Crippen molar-refractivity contribution in [2.45, 2.75) is 12.5 Å². The van der Waals surface area contributed by atoms with Crippen LogP contribution in [0.4, 0.5) is 11.4 Å². The van der Waals surface area contributed by atoms with Crippen LogP contribution in [0.3, 0.4) is 0 Å². The molecule has 1 atom stereocenters. The average Bonchev–Trinajstić information content (AvgIpc) is 3.19. The fourth-order valence-corrected chi connectivity index (χ4v) is 3.11. The molecule has 2 aromatic carbocycles. The first-order valence-corrected chi connectivity index (χ1v) is 8.87. The normalized spacial score (nSPS) is 11.9. The maximum atomic E-state index is 13.0. The number of carbonyl (C=O) groups is 1. The summed E-state index contributed by atoms with van der Waals surface area (Å²) in [7, 11) is 0. The van der Waals surface area contributed by atoms with Gasteiger partial charge in [-0.2, -0.15) is 0 Å². The number of amides is 1. The number of hydrogen-bond donors (Lipinski definition) is 3. The second-order valence-corrected chi connectivity index (χ2v) is 6.36. The molecule has 0 saturated heterocycles. The lowest BCUT2D eigenvalue weighted by atomic mass is 10.1. The van der Waals surface area contributed by atoms with Crippen LogP contribution >= 0.6 is 0 Å². The SMILES string of the molecule is O=C(Nc1ccccc1)C(Cc1cccnc1)Nc1cccc2[nH]ccc12. The monoisotopic (exact) mass is 356 g/mol. The summed E-state index contributed by atoms with van der Waals surface area (Å²) in [6.45, 7) is 0. The fourth-order valence-electron chi connectivity index (χ4n) is 3.11. The molecule has 0 radical (unpaired) electrons. The number of benzene rings is 2. The standard InChI is InChI=1S/C22H20N4O/c27-22(25-17-7-2-1-3-8-17)21(14-16-6-5-12-23-15-16)26-20-10-4-9-19-18(20)11-13-24-19/h1-13,15,21,24,26H,14H2,(H,25,27). The van der Waals surface area contributed by atoms with E-state index in [2.05, 4.69) is 20.6 Å². The van der Waals surface area contributed by atoms with E-state index in [1.54, 1.807) is 12.4 Å². The van der Waals surface area contributed by atoms with Gasteiger partial charge in [0.05, 0.1) is 0 Å². The van der Waals surface area contributed by atoms with Crippen LogP contribution in [0.15, 0.2) is 85.3 Å². The lowest BCUT2D eigenvalue weighted by Gasteiger charge is -2.20. The van der Waals surface area contributed by atoms with Crippen molar-refractivity contribution < 1.29 is 4.79 Å². The highest BCUT2D eigenvalue weighted by atomic mass is 16.2. The van der Waals surface area contributed by atoms with Crippen LogP contribution in [-0.2, 0) is 11.2 Å². The van der Waals surface area contributed by atoms with Gasteiger partial charge in [-0.25, -0.2) is 0 Å². The van der Waals surface area contributed by atoms with Crippen LogP contribution in [0.2, 0.25) is 0 Å². The molecular weight excluding hydrogens is 336 g/mol. The highest BCUT2D eigenvalue weighted by Gasteiger charge is 2.20. The van der Waals surface area contributed by atoms with Gasteiger partial charge in [0, 0.05) is 47.3 Å². The Morgan fingerprint density at radius 2 is 1.89 bits per heavy atom. The first kappa shape index (κ1) is 16.8. The summed E-state index contributed by atoms with van der Waals surface area (Å²) in [6.07, 6.45) is 5.96. The van der Waals surface area contributed by atoms with Gasteiger partial charge in [0.25, 0.3) is 0 Å². The smallest absolute Gasteiger partial charge is 0.247 e. The van der Waals surface area contributed by atoms with Crippen molar-refractivity contribution in [2.24, 2.45) is 0 Å². The van der Waals surface area contributed by atoms with Crippen molar-refractivity contribution in [3.05, 3.63) is 90.9 Å². The molecule has 1 amide bonds. The molecule has 0 fully saturated rings. The number of carbonyl (C=O) groups excluding carboxylic acids is 1. The molecule has 3 N–H and O–H groups in total. The molecule has 0 bridgehead atoms. The van der Waals surface area contributed by atoms with Crippen molar-refractivity contribution in [3.63, 3.8) is 0 Å². The Kier molecular flexibility index (Phi) is 4.83. The van der Waals surface area contributed by atoms with E-state index in [1.807, 2.05) is 72.9 Å². The molecular formula is C22H20N4O. The Morgan fingerprint density at radius 1 is 1.00 bits per heavy atom. The van der Waals surface area contributed by atoms with E-state index in [0.29, 0.717) is 6.42 Å². The Hall–Kier alpha value is -3.60. The molecule has 4 aromatic rings. The topological polar surface area (TPSA) is 69.8 Å². The lowest BCUT2D eigenvalue weighted by molar-refractivity contribution is -0.116. The Labute approximate surface area is 157 Å². The number of rotatable bonds is 6. The molecule has 1 unspecified atom stereocenters. The van der Waals surface area contributed by atoms with E-state index < -0.39 is 6.04 Å². The lowest BCUT2D eigenvalue weighted by Crippen LogP contribution is -2.36. The number of hydrogen-bond acceptors (Lipinski definition) is 3. The van der Waals surface area contributed by atoms with Crippen LogP contribution in [0, 0.1) is 0 Å². The van der Waals surface area contributed by atoms with Gasteiger partial charge in [0.15, 0.2) is 0 Å². The van der Waals surface area contributed by atoms with E-state index in [-0.39, 0.29) is 5.91 Å². The van der Waals surface area contributed by atoms with Crippen molar-refractivity contribution in [1.82, 2.24) is 9.97 Å². The first-order chi connectivity index (χ1) is 13.3. The number of pyridine rings is 1. The summed E-state index contributed by atoms with van der Waals surface area (Å²) in [5, 5.41) is 7.47. The van der Waals surface area contributed by atoms with Crippen LogP contribution in [0.1, 0.15) is 5.56 Å². The molecule has 0 aliphatic heterocycles. The van der Waals surface area contributed by atoms with Crippen molar-refractivity contribution in [3.8, 4) is 0 Å². The predicted molar refractivity (Wildman–Crippen MR) is 109 cm³/mol. The quantitative estimate of drug-likeness (QED) is 0.484. The van der Waals surface area contributed by atoms with Crippen LogP contribution in [0.25, 0.3) is 10.9 Å². The molecule has 0 aliphatic rings. The number of para-hydroxylation sites is 1. The maximum absolute atomic E-state index is 13.0. The number of aromatic nitrogens is 2. The van der Waals surface area contributed by atoms with Crippen molar-refractivity contribution in [1.29, 1.82) is 0 Å². The van der Waals surface area contributed by atoms with Crippen molar-refractivity contribution >= 4 is 28.2 Å². The highest BCUT2D eigenvalue weighted by molar-refractivity contribution is 5.99. The third-order valence-electron chi connectivity index (χ3n) is 4.45. The molecule has 5 nitrogen and oxygen atoms in total. The second kappa shape index (κ2) is 7.74. The summed E-state index contributed by atoms with van der Waals surface area (Å²) >= 11 is 0. The number of aromatic amines is 1. The predicted octanol–water partition coefficient (Wildman–Crippen LogP) is 4.22. The third-order valence-corrected chi connectivity index (χ3v) is 4.45. The zero-order valence-electron chi connectivity index (χ0n) is 14.7. The summed E-state index contributed by atoms with van der Waals surface area (Å²) in [5.41, 5.74) is 3.73. The van der Waals surface area contributed by atoms with Gasteiger partial charge >= 0.3 is 0 Å². The van der Waals surface area contributed by atoms with Gasteiger partial charge in [-0.05, 0) is 42.0 Å². The first-order valence-electron chi connectivity index (χ1n) is 8.87. The maximum Gasteiger partial charge on any atom is 0.247 e. The number of nitrogens with zero attached hydrogens (tertiary/aromatic N) is 1. The number of fused-ring (bicyclic) bond motifs is 1. The Balaban J connectivity index is 1.61. The minimum absolute atomic E-state index is 0.0856. The van der Waals surface area contributed by atoms with E-state index >= 15 is 0 Å². The van der Waals surface area contributed by atoms with Crippen molar-refractivity contribution in [2.75, 3.05) is 10.6 Å². The molecule has 0 spiro atoms. The summed E-state index contributed by atoms with van der Waals surface area (Å²) in [6, 6.07) is 20.9. The minimum Gasteiger partial charge on any atom is -0.373 e. The Morgan fingerprint density at radius 3 is 2.70 bits per heavy atom. The summed E-state index contributed by atoms with van der Waals surface area (Å²) in [5.74, 6) is -0.0856. The molecule has 27 heavy (non-hydrogen) atoms. The largest absolute Gasteiger partial charge is 0.373 e. The molecule has 0 aliphatic carbocycles. The van der Waals surface area contributed by atoms with Crippen LogP contribution in [-0.4, -0.2) is 21.9 Å². The minimum atomic E-state index is -0.435.